The van der Waals surface area contributed by atoms with E-state index in [1.807, 2.05) is 17.7 Å². The van der Waals surface area contributed by atoms with Gasteiger partial charge in [-0.2, -0.15) is 9.40 Å². The molecule has 0 unspecified atom stereocenters. The lowest BCUT2D eigenvalue weighted by molar-refractivity contribution is 0.0935. The van der Waals surface area contributed by atoms with Crippen molar-refractivity contribution in [1.82, 2.24) is 14.1 Å². The topological polar surface area (TPSA) is 64.4 Å². The van der Waals surface area contributed by atoms with Crippen molar-refractivity contribution in [2.24, 2.45) is 0 Å². The van der Waals surface area contributed by atoms with Gasteiger partial charge >= 0.3 is 0 Å². The predicted octanol–water partition coefficient (Wildman–Crippen LogP) is 0.454. The molecule has 2 heterocycles. The summed E-state index contributed by atoms with van der Waals surface area (Å²) in [5, 5.41) is 4.20. The molecule has 0 spiro atoms. The highest BCUT2D eigenvalue weighted by atomic mass is 32.2. The van der Waals surface area contributed by atoms with E-state index in [4.69, 9.17) is 4.74 Å². The summed E-state index contributed by atoms with van der Waals surface area (Å²) in [6.07, 6.45) is 3.68. The molecule has 0 saturated heterocycles. The lowest BCUT2D eigenvalue weighted by Gasteiger charge is -2.26. The van der Waals surface area contributed by atoms with Crippen molar-refractivity contribution in [2.75, 3.05) is 19.5 Å². The average Bonchev–Trinajstić information content (AvgIpc) is 2.66. The highest BCUT2D eigenvalue weighted by Gasteiger charge is 2.30. The molecule has 1 aliphatic heterocycles. The third kappa shape index (κ3) is 2.90. The fourth-order valence-electron chi connectivity index (χ4n) is 2.21. The van der Waals surface area contributed by atoms with Crippen molar-refractivity contribution >= 4 is 10.0 Å². The van der Waals surface area contributed by atoms with Gasteiger partial charge in [-0.3, -0.25) is 4.68 Å². The van der Waals surface area contributed by atoms with Crippen molar-refractivity contribution in [3.8, 4) is 0 Å². The highest BCUT2D eigenvalue weighted by molar-refractivity contribution is 7.88. The Morgan fingerprint density at radius 3 is 3.00 bits per heavy atom. The van der Waals surface area contributed by atoms with E-state index in [-0.39, 0.29) is 6.04 Å². The normalized spacial score (nSPS) is 21.6. The standard InChI is InChI=1S/C11H19N3O3S/c1-3-17-9-11-5-7-13-10(4-6-12-13)8-14(11)18(2,15)16/h4,6,11H,3,5,7-9H2,1-2H3/t11-/m1/s1. The largest absolute Gasteiger partial charge is 0.380 e. The fourth-order valence-corrected chi connectivity index (χ4v) is 3.28. The first-order chi connectivity index (χ1) is 8.52. The highest BCUT2D eigenvalue weighted by Crippen LogP contribution is 2.20. The number of aryl methyl sites for hydroxylation is 1. The molecule has 0 aromatic carbocycles. The Morgan fingerprint density at radius 1 is 1.56 bits per heavy atom. The molecule has 18 heavy (non-hydrogen) atoms. The Hall–Kier alpha value is -0.920. The Balaban J connectivity index is 2.23. The maximum absolute atomic E-state index is 11.9. The van der Waals surface area contributed by atoms with Crippen molar-refractivity contribution in [2.45, 2.75) is 32.5 Å². The summed E-state index contributed by atoms with van der Waals surface area (Å²) in [7, 11) is -3.24. The number of fused-ring (bicyclic) bond motifs is 1. The fraction of sp³-hybridized carbons (Fsp3) is 0.727. The minimum absolute atomic E-state index is 0.110. The van der Waals surface area contributed by atoms with E-state index in [1.165, 1.54) is 10.6 Å². The summed E-state index contributed by atoms with van der Waals surface area (Å²) in [4.78, 5) is 0. The Bertz CT molecular complexity index is 497. The van der Waals surface area contributed by atoms with Crippen LogP contribution in [0.2, 0.25) is 0 Å². The summed E-state index contributed by atoms with van der Waals surface area (Å²) in [5.41, 5.74) is 0.930. The third-order valence-electron chi connectivity index (χ3n) is 3.14. The summed E-state index contributed by atoms with van der Waals surface area (Å²) in [6.45, 7) is 4.04. The molecule has 0 fully saturated rings. The minimum atomic E-state index is -3.24. The van der Waals surface area contributed by atoms with Gasteiger partial charge in [-0.05, 0) is 19.4 Å². The number of sulfonamides is 1. The van der Waals surface area contributed by atoms with Gasteiger partial charge < -0.3 is 4.74 Å². The van der Waals surface area contributed by atoms with E-state index in [2.05, 4.69) is 5.10 Å². The van der Waals surface area contributed by atoms with E-state index in [9.17, 15) is 8.42 Å². The van der Waals surface area contributed by atoms with Crippen LogP contribution in [0.5, 0.6) is 0 Å². The van der Waals surface area contributed by atoms with Crippen molar-refractivity contribution in [1.29, 1.82) is 0 Å². The van der Waals surface area contributed by atoms with E-state index < -0.39 is 10.0 Å². The SMILES string of the molecule is CCOC[C@H]1CCn2nccc2CN1S(C)(=O)=O. The minimum Gasteiger partial charge on any atom is -0.380 e. The first kappa shape index (κ1) is 13.5. The van der Waals surface area contributed by atoms with Crippen molar-refractivity contribution < 1.29 is 13.2 Å². The van der Waals surface area contributed by atoms with Crippen LogP contribution in [0.3, 0.4) is 0 Å². The van der Waals surface area contributed by atoms with Crippen LogP contribution >= 0.6 is 0 Å². The van der Waals surface area contributed by atoms with Gasteiger partial charge in [0, 0.05) is 19.3 Å². The molecular formula is C11H19N3O3S. The molecule has 0 bridgehead atoms. The molecule has 0 saturated carbocycles. The first-order valence-corrected chi connectivity index (χ1v) is 7.92. The van der Waals surface area contributed by atoms with E-state index in [0.29, 0.717) is 19.8 Å². The zero-order valence-electron chi connectivity index (χ0n) is 10.7. The quantitative estimate of drug-likeness (QED) is 0.799. The summed E-state index contributed by atoms with van der Waals surface area (Å²) < 4.78 is 32.5. The zero-order valence-corrected chi connectivity index (χ0v) is 11.6. The maximum atomic E-state index is 11.9. The molecule has 0 aliphatic carbocycles. The molecule has 6 nitrogen and oxygen atoms in total. The van der Waals surface area contributed by atoms with E-state index in [0.717, 1.165) is 18.7 Å². The van der Waals surface area contributed by atoms with Gasteiger partial charge in [0.25, 0.3) is 0 Å². The molecule has 1 aliphatic rings. The van der Waals surface area contributed by atoms with Crippen LogP contribution in [-0.4, -0.2) is 48.0 Å². The molecule has 102 valence electrons. The molecule has 0 amide bonds. The summed E-state index contributed by atoms with van der Waals surface area (Å²) >= 11 is 0. The van der Waals surface area contributed by atoms with Gasteiger partial charge in [0.15, 0.2) is 0 Å². The van der Waals surface area contributed by atoms with Gasteiger partial charge in [0.2, 0.25) is 10.0 Å². The van der Waals surface area contributed by atoms with Gasteiger partial charge in [-0.25, -0.2) is 8.42 Å². The molecule has 0 N–H and O–H groups in total. The number of hydrogen-bond acceptors (Lipinski definition) is 4. The number of rotatable bonds is 4. The second-order valence-corrected chi connectivity index (χ2v) is 6.39. The third-order valence-corrected chi connectivity index (χ3v) is 4.42. The molecule has 1 atom stereocenters. The maximum Gasteiger partial charge on any atom is 0.211 e. The molecule has 7 heteroatoms. The summed E-state index contributed by atoms with van der Waals surface area (Å²) in [6, 6.07) is 1.75. The molecule has 1 aromatic heterocycles. The number of nitrogens with zero attached hydrogens (tertiary/aromatic N) is 3. The van der Waals surface area contributed by atoms with Gasteiger partial charge in [0.05, 0.1) is 31.1 Å². The molecule has 0 radical (unpaired) electrons. The lowest BCUT2D eigenvalue weighted by atomic mass is 10.2. The Labute approximate surface area is 108 Å². The van der Waals surface area contributed by atoms with Gasteiger partial charge in [-0.1, -0.05) is 0 Å². The van der Waals surface area contributed by atoms with Gasteiger partial charge in [-0.15, -0.1) is 0 Å². The summed E-state index contributed by atoms with van der Waals surface area (Å²) in [5.74, 6) is 0. The van der Waals surface area contributed by atoms with Gasteiger partial charge in [0.1, 0.15) is 0 Å². The number of hydrogen-bond donors (Lipinski definition) is 0. The smallest absolute Gasteiger partial charge is 0.211 e. The first-order valence-electron chi connectivity index (χ1n) is 6.07. The van der Waals surface area contributed by atoms with Crippen LogP contribution in [-0.2, 0) is 27.8 Å². The Kier molecular flexibility index (Phi) is 4.04. The van der Waals surface area contributed by atoms with Crippen molar-refractivity contribution in [3.05, 3.63) is 18.0 Å². The second kappa shape index (κ2) is 5.38. The Morgan fingerprint density at radius 2 is 2.33 bits per heavy atom. The predicted molar refractivity (Wildman–Crippen MR) is 67.5 cm³/mol. The van der Waals surface area contributed by atoms with Crippen LogP contribution in [0.4, 0.5) is 0 Å². The van der Waals surface area contributed by atoms with Crippen molar-refractivity contribution in [3.63, 3.8) is 0 Å². The lowest BCUT2D eigenvalue weighted by Crippen LogP contribution is -2.41. The van der Waals surface area contributed by atoms with E-state index >= 15 is 0 Å². The monoisotopic (exact) mass is 273 g/mol. The molecule has 2 rings (SSSR count). The second-order valence-electron chi connectivity index (χ2n) is 4.46. The molecular weight excluding hydrogens is 254 g/mol. The number of aromatic nitrogens is 2. The molecule has 1 aromatic rings. The van der Waals surface area contributed by atoms with Crippen LogP contribution < -0.4 is 0 Å². The van der Waals surface area contributed by atoms with Crippen LogP contribution in [0.15, 0.2) is 12.3 Å². The van der Waals surface area contributed by atoms with Crippen LogP contribution in [0.1, 0.15) is 19.0 Å². The zero-order chi connectivity index (χ0) is 13.2. The van der Waals surface area contributed by atoms with E-state index in [1.54, 1.807) is 6.20 Å². The average molecular weight is 273 g/mol. The van der Waals surface area contributed by atoms with Crippen LogP contribution in [0, 0.1) is 0 Å². The van der Waals surface area contributed by atoms with Crippen LogP contribution in [0.25, 0.3) is 0 Å². The number of ether oxygens (including phenoxy) is 1.